The van der Waals surface area contributed by atoms with Gasteiger partial charge in [0.05, 0.1) is 30.0 Å². The molecule has 0 atom stereocenters. The van der Waals surface area contributed by atoms with Crippen LogP contribution in [0.1, 0.15) is 16.9 Å². The molecule has 11 heteroatoms. The minimum atomic E-state index is -3.99. The maximum atomic E-state index is 14.5. The number of thiazole rings is 1. The fraction of sp³-hybridized carbons (Fsp3) is 0.350. The third-order valence-corrected chi connectivity index (χ3v) is 5.58. The lowest BCUT2D eigenvalue weighted by atomic mass is 10.1. The van der Waals surface area contributed by atoms with E-state index in [-0.39, 0.29) is 11.4 Å². The molecule has 0 spiro atoms. The number of fused-ring (bicyclic) bond motifs is 1. The molecule has 3 aromatic rings. The second kappa shape index (κ2) is 8.65. The van der Waals surface area contributed by atoms with Gasteiger partial charge in [0, 0.05) is 30.7 Å². The molecule has 1 aromatic heterocycles. The molecule has 1 saturated heterocycles. The zero-order chi connectivity index (χ0) is 22.2. The lowest BCUT2D eigenvalue weighted by Crippen LogP contribution is -2.29. The summed E-state index contributed by atoms with van der Waals surface area (Å²) in [7, 11) is 1.59. The highest BCUT2D eigenvalue weighted by molar-refractivity contribution is 7.18. The highest BCUT2D eigenvalue weighted by atomic mass is 32.1. The van der Waals surface area contributed by atoms with Crippen LogP contribution in [0.5, 0.6) is 5.75 Å². The Kier molecular flexibility index (Phi) is 6.11. The number of methoxy groups -OCH3 is 1. The molecule has 0 radical (unpaired) electrons. The molecule has 2 aromatic carbocycles. The molecule has 0 amide bonds. The third kappa shape index (κ3) is 4.64. The SMILES string of the molecule is COCC1COC(c2ccc3nc(C(F)(F)Oc4cc(F)c(F)c(F)c4)sc3c2)OC1. The molecule has 5 nitrogen and oxygen atoms in total. The summed E-state index contributed by atoms with van der Waals surface area (Å²) in [5.74, 6) is -5.81. The standard InChI is InChI=1S/C20H16F5NO4S/c1-27-7-10-8-28-18(29-9-10)11-2-3-15-16(4-11)31-19(26-15)20(24,25)30-12-5-13(21)17(23)14(22)6-12/h2-6,10,18H,7-9H2,1H3. The minimum Gasteiger partial charge on any atom is -0.427 e. The largest absolute Gasteiger partial charge is 0.454 e. The monoisotopic (exact) mass is 461 g/mol. The van der Waals surface area contributed by atoms with Gasteiger partial charge < -0.3 is 18.9 Å². The summed E-state index contributed by atoms with van der Waals surface area (Å²) in [6, 6.07) is 5.48. The molecule has 0 aliphatic carbocycles. The van der Waals surface area contributed by atoms with Gasteiger partial charge in [0.25, 0.3) is 0 Å². The first kappa shape index (κ1) is 21.9. The second-order valence-electron chi connectivity index (χ2n) is 6.89. The molecule has 31 heavy (non-hydrogen) atoms. The summed E-state index contributed by atoms with van der Waals surface area (Å²) in [6.07, 6.45) is -4.64. The zero-order valence-corrected chi connectivity index (χ0v) is 16.9. The summed E-state index contributed by atoms with van der Waals surface area (Å²) >= 11 is 0.643. The fourth-order valence-electron chi connectivity index (χ4n) is 3.06. The Hall–Kier alpha value is -2.34. The molecule has 1 aliphatic heterocycles. The Labute approximate surface area is 177 Å². The van der Waals surface area contributed by atoms with Crippen LogP contribution in [0.4, 0.5) is 22.0 Å². The van der Waals surface area contributed by atoms with Crippen molar-refractivity contribution in [1.29, 1.82) is 0 Å². The third-order valence-electron chi connectivity index (χ3n) is 4.51. The molecule has 2 heterocycles. The van der Waals surface area contributed by atoms with E-state index < -0.39 is 40.6 Å². The van der Waals surface area contributed by atoms with E-state index in [0.717, 1.165) is 0 Å². The van der Waals surface area contributed by atoms with Gasteiger partial charge in [-0.15, -0.1) is 11.3 Å². The van der Waals surface area contributed by atoms with Crippen LogP contribution in [-0.2, 0) is 20.3 Å². The van der Waals surface area contributed by atoms with Gasteiger partial charge in [0.15, 0.2) is 23.7 Å². The van der Waals surface area contributed by atoms with Gasteiger partial charge in [-0.1, -0.05) is 6.07 Å². The van der Waals surface area contributed by atoms with Crippen LogP contribution in [0.25, 0.3) is 10.2 Å². The summed E-state index contributed by atoms with van der Waals surface area (Å²) in [4.78, 5) is 3.85. The van der Waals surface area contributed by atoms with E-state index in [2.05, 4.69) is 9.72 Å². The molecular formula is C20H16F5NO4S. The topological polar surface area (TPSA) is 49.8 Å². The van der Waals surface area contributed by atoms with Gasteiger partial charge in [-0.25, -0.2) is 18.2 Å². The number of alkyl halides is 2. The van der Waals surface area contributed by atoms with Gasteiger partial charge in [-0.2, -0.15) is 8.78 Å². The van der Waals surface area contributed by atoms with E-state index in [1.807, 2.05) is 0 Å². The highest BCUT2D eigenvalue weighted by Gasteiger charge is 2.39. The van der Waals surface area contributed by atoms with Crippen molar-refractivity contribution in [2.45, 2.75) is 12.4 Å². The first-order chi connectivity index (χ1) is 14.8. The lowest BCUT2D eigenvalue weighted by Gasteiger charge is -2.29. The van der Waals surface area contributed by atoms with Crippen LogP contribution in [0, 0.1) is 23.4 Å². The summed E-state index contributed by atoms with van der Waals surface area (Å²) < 4.78 is 89.9. The van der Waals surface area contributed by atoms with Gasteiger partial charge in [-0.3, -0.25) is 0 Å². The molecule has 1 fully saturated rings. The van der Waals surface area contributed by atoms with Crippen molar-refractivity contribution in [3.05, 3.63) is 58.4 Å². The second-order valence-corrected chi connectivity index (χ2v) is 7.92. The summed E-state index contributed by atoms with van der Waals surface area (Å²) in [5, 5.41) is -0.726. The Morgan fingerprint density at radius 1 is 1.10 bits per heavy atom. The molecule has 0 bridgehead atoms. The van der Waals surface area contributed by atoms with E-state index >= 15 is 0 Å². The number of nitrogens with zero attached hydrogens (tertiary/aromatic N) is 1. The van der Waals surface area contributed by atoms with Crippen molar-refractivity contribution < 1.29 is 40.9 Å². The number of ether oxygens (including phenoxy) is 4. The number of benzene rings is 2. The molecule has 4 rings (SSSR count). The van der Waals surface area contributed by atoms with Gasteiger partial charge >= 0.3 is 6.11 Å². The maximum Gasteiger partial charge on any atom is 0.454 e. The molecule has 166 valence electrons. The van der Waals surface area contributed by atoms with E-state index in [1.54, 1.807) is 19.2 Å². The van der Waals surface area contributed by atoms with E-state index in [9.17, 15) is 22.0 Å². The average Bonchev–Trinajstić information content (AvgIpc) is 3.17. The van der Waals surface area contributed by atoms with Crippen LogP contribution < -0.4 is 4.74 Å². The zero-order valence-electron chi connectivity index (χ0n) is 16.0. The molecule has 0 N–H and O–H groups in total. The van der Waals surface area contributed by atoms with Gasteiger partial charge in [-0.05, 0) is 12.1 Å². The quantitative estimate of drug-likeness (QED) is 0.376. The van der Waals surface area contributed by atoms with Crippen molar-refractivity contribution in [1.82, 2.24) is 4.98 Å². The average molecular weight is 461 g/mol. The normalized spacial score (nSPS) is 19.7. The minimum absolute atomic E-state index is 0.108. The number of aromatic nitrogens is 1. The molecule has 1 aliphatic rings. The molecular weight excluding hydrogens is 445 g/mol. The van der Waals surface area contributed by atoms with Crippen LogP contribution in [0.3, 0.4) is 0 Å². The Balaban J connectivity index is 1.53. The molecule has 0 unspecified atom stereocenters. The van der Waals surface area contributed by atoms with Crippen LogP contribution in [0.15, 0.2) is 30.3 Å². The van der Waals surface area contributed by atoms with Crippen LogP contribution in [0.2, 0.25) is 0 Å². The maximum absolute atomic E-state index is 14.5. The summed E-state index contributed by atoms with van der Waals surface area (Å²) in [6.45, 7) is 1.36. The highest BCUT2D eigenvalue weighted by Crippen LogP contribution is 2.38. The van der Waals surface area contributed by atoms with Crippen LogP contribution in [-0.4, -0.2) is 31.9 Å². The Morgan fingerprint density at radius 3 is 2.42 bits per heavy atom. The van der Waals surface area contributed by atoms with Gasteiger partial charge in [0.1, 0.15) is 5.75 Å². The first-order valence-electron chi connectivity index (χ1n) is 9.11. The lowest BCUT2D eigenvalue weighted by molar-refractivity contribution is -0.210. The van der Waals surface area contributed by atoms with Gasteiger partial charge in [0.2, 0.25) is 5.01 Å². The smallest absolute Gasteiger partial charge is 0.427 e. The fourth-order valence-corrected chi connectivity index (χ4v) is 3.99. The molecule has 0 saturated carbocycles. The predicted molar refractivity (Wildman–Crippen MR) is 100 cm³/mol. The van der Waals surface area contributed by atoms with Crippen molar-refractivity contribution >= 4 is 21.6 Å². The number of rotatable bonds is 6. The van der Waals surface area contributed by atoms with Crippen molar-refractivity contribution in [3.63, 3.8) is 0 Å². The number of halogens is 5. The van der Waals surface area contributed by atoms with Crippen molar-refractivity contribution in [2.24, 2.45) is 5.92 Å². The van der Waals surface area contributed by atoms with Crippen molar-refractivity contribution in [3.8, 4) is 5.75 Å². The summed E-state index contributed by atoms with van der Waals surface area (Å²) in [5.41, 5.74) is 0.905. The van der Waals surface area contributed by atoms with E-state index in [4.69, 9.17) is 14.2 Å². The predicted octanol–water partition coefficient (Wildman–Crippen LogP) is 5.15. The number of hydrogen-bond acceptors (Lipinski definition) is 6. The Morgan fingerprint density at radius 2 is 1.77 bits per heavy atom. The first-order valence-corrected chi connectivity index (χ1v) is 9.93. The van der Waals surface area contributed by atoms with Crippen LogP contribution >= 0.6 is 11.3 Å². The Bertz CT molecular complexity index is 1060. The van der Waals surface area contributed by atoms with E-state index in [1.165, 1.54) is 6.07 Å². The number of hydrogen-bond donors (Lipinski definition) is 0. The van der Waals surface area contributed by atoms with Crippen molar-refractivity contribution in [2.75, 3.05) is 26.9 Å². The van der Waals surface area contributed by atoms with E-state index in [0.29, 0.717) is 53.6 Å².